The van der Waals surface area contributed by atoms with E-state index in [0.29, 0.717) is 29.4 Å². The summed E-state index contributed by atoms with van der Waals surface area (Å²) >= 11 is 0. The zero-order chi connectivity index (χ0) is 18.1. The van der Waals surface area contributed by atoms with Crippen LogP contribution in [0.5, 0.6) is 11.5 Å². The molecule has 4 rings (SSSR count). The lowest BCUT2D eigenvalue weighted by atomic mass is 10.2. The molecule has 2 aromatic heterocycles. The Labute approximate surface area is 149 Å². The SMILES string of the molecule is COc1cc(OC)cc(-n2c(=O)n(Cc3ccccc3)c3cn[nH]c32)c1. The third-order valence-corrected chi connectivity index (χ3v) is 4.31. The molecule has 2 heterocycles. The van der Waals surface area contributed by atoms with Gasteiger partial charge in [-0.1, -0.05) is 30.3 Å². The van der Waals surface area contributed by atoms with Crippen molar-refractivity contribution in [1.29, 1.82) is 0 Å². The molecule has 0 atom stereocenters. The van der Waals surface area contributed by atoms with E-state index in [-0.39, 0.29) is 5.69 Å². The average molecular weight is 350 g/mol. The van der Waals surface area contributed by atoms with Crippen molar-refractivity contribution in [2.45, 2.75) is 6.54 Å². The molecular weight excluding hydrogens is 332 g/mol. The third-order valence-electron chi connectivity index (χ3n) is 4.31. The number of hydrogen-bond acceptors (Lipinski definition) is 4. The maximum atomic E-state index is 13.2. The second kappa shape index (κ2) is 6.44. The lowest BCUT2D eigenvalue weighted by Gasteiger charge is -2.09. The molecule has 0 unspecified atom stereocenters. The zero-order valence-corrected chi connectivity index (χ0v) is 14.5. The van der Waals surface area contributed by atoms with Crippen molar-refractivity contribution in [1.82, 2.24) is 19.3 Å². The van der Waals surface area contributed by atoms with E-state index in [0.717, 1.165) is 11.1 Å². The van der Waals surface area contributed by atoms with Crippen LogP contribution in [0, 0.1) is 0 Å². The second-order valence-electron chi connectivity index (χ2n) is 5.86. The largest absolute Gasteiger partial charge is 0.497 e. The monoisotopic (exact) mass is 350 g/mol. The predicted molar refractivity (Wildman–Crippen MR) is 98.3 cm³/mol. The van der Waals surface area contributed by atoms with Gasteiger partial charge in [-0.3, -0.25) is 9.67 Å². The van der Waals surface area contributed by atoms with Crippen LogP contribution in [-0.4, -0.2) is 33.6 Å². The van der Waals surface area contributed by atoms with Gasteiger partial charge in [0, 0.05) is 18.2 Å². The van der Waals surface area contributed by atoms with Crippen LogP contribution in [0.3, 0.4) is 0 Å². The normalized spacial score (nSPS) is 11.0. The zero-order valence-electron chi connectivity index (χ0n) is 14.5. The highest BCUT2D eigenvalue weighted by Crippen LogP contribution is 2.26. The van der Waals surface area contributed by atoms with E-state index in [1.165, 1.54) is 0 Å². The summed E-state index contributed by atoms with van der Waals surface area (Å²) < 4.78 is 13.9. The quantitative estimate of drug-likeness (QED) is 0.600. The van der Waals surface area contributed by atoms with E-state index in [4.69, 9.17) is 9.47 Å². The minimum Gasteiger partial charge on any atom is -0.497 e. The summed E-state index contributed by atoms with van der Waals surface area (Å²) in [4.78, 5) is 13.2. The van der Waals surface area contributed by atoms with Crippen LogP contribution in [0.2, 0.25) is 0 Å². The minimum atomic E-state index is -0.159. The number of benzene rings is 2. The van der Waals surface area contributed by atoms with E-state index in [1.807, 2.05) is 30.3 Å². The standard InChI is InChI=1S/C19H18N4O3/c1-25-15-8-14(9-16(10-15)26-2)23-18-17(11-20-21-18)22(19(23)24)12-13-6-4-3-5-7-13/h3-11H,12H2,1-2H3,(H,20,21). The molecule has 0 saturated carbocycles. The molecule has 0 radical (unpaired) electrons. The number of fused-ring (bicyclic) bond motifs is 1. The number of hydrogen-bond donors (Lipinski definition) is 1. The van der Waals surface area contributed by atoms with Gasteiger partial charge in [0.1, 0.15) is 17.0 Å². The molecule has 132 valence electrons. The maximum Gasteiger partial charge on any atom is 0.335 e. The lowest BCUT2D eigenvalue weighted by molar-refractivity contribution is 0.394. The molecule has 0 saturated heterocycles. The number of H-pyrrole nitrogens is 1. The molecule has 0 aliphatic heterocycles. The number of rotatable bonds is 5. The van der Waals surface area contributed by atoms with Gasteiger partial charge >= 0.3 is 5.69 Å². The van der Waals surface area contributed by atoms with Crippen molar-refractivity contribution in [2.24, 2.45) is 0 Å². The van der Waals surface area contributed by atoms with Crippen molar-refractivity contribution in [3.05, 3.63) is 70.8 Å². The summed E-state index contributed by atoms with van der Waals surface area (Å²) in [6, 6.07) is 15.2. The molecule has 7 heteroatoms. The Morgan fingerprint density at radius 2 is 1.73 bits per heavy atom. The van der Waals surface area contributed by atoms with E-state index >= 15 is 0 Å². The van der Waals surface area contributed by atoms with E-state index < -0.39 is 0 Å². The molecule has 0 aliphatic carbocycles. The molecular formula is C19H18N4O3. The smallest absolute Gasteiger partial charge is 0.335 e. The highest BCUT2D eigenvalue weighted by atomic mass is 16.5. The van der Waals surface area contributed by atoms with Gasteiger partial charge in [0.25, 0.3) is 0 Å². The maximum absolute atomic E-state index is 13.2. The number of nitrogens with zero attached hydrogens (tertiary/aromatic N) is 3. The molecule has 7 nitrogen and oxygen atoms in total. The summed E-state index contributed by atoms with van der Waals surface area (Å²) in [6.45, 7) is 0.462. The van der Waals surface area contributed by atoms with Crippen LogP contribution in [0.4, 0.5) is 0 Å². The van der Waals surface area contributed by atoms with E-state index in [2.05, 4.69) is 10.2 Å². The van der Waals surface area contributed by atoms with Crippen molar-refractivity contribution >= 4 is 11.2 Å². The Morgan fingerprint density at radius 1 is 1.04 bits per heavy atom. The first-order chi connectivity index (χ1) is 12.7. The van der Waals surface area contributed by atoms with Crippen LogP contribution in [0.25, 0.3) is 16.9 Å². The van der Waals surface area contributed by atoms with Crippen LogP contribution < -0.4 is 15.2 Å². The predicted octanol–water partition coefficient (Wildman–Crippen LogP) is 2.58. The molecule has 0 bridgehead atoms. The highest BCUT2D eigenvalue weighted by molar-refractivity contribution is 5.73. The van der Waals surface area contributed by atoms with Crippen LogP contribution >= 0.6 is 0 Å². The van der Waals surface area contributed by atoms with Crippen molar-refractivity contribution in [2.75, 3.05) is 14.2 Å². The number of ether oxygens (including phenoxy) is 2. The average Bonchev–Trinajstić information content (AvgIpc) is 3.24. The summed E-state index contributed by atoms with van der Waals surface area (Å²) in [5.41, 5.74) is 2.89. The van der Waals surface area contributed by atoms with Crippen molar-refractivity contribution in [3.8, 4) is 17.2 Å². The summed E-state index contributed by atoms with van der Waals surface area (Å²) in [5.74, 6) is 1.21. The van der Waals surface area contributed by atoms with Gasteiger partial charge in [-0.05, 0) is 5.56 Å². The highest BCUT2D eigenvalue weighted by Gasteiger charge is 2.18. The number of methoxy groups -OCH3 is 2. The minimum absolute atomic E-state index is 0.159. The van der Waals surface area contributed by atoms with Crippen molar-refractivity contribution in [3.63, 3.8) is 0 Å². The van der Waals surface area contributed by atoms with Gasteiger partial charge in [-0.15, -0.1) is 0 Å². The first-order valence-electron chi connectivity index (χ1n) is 8.13. The summed E-state index contributed by atoms with van der Waals surface area (Å²) in [6.07, 6.45) is 1.66. The van der Waals surface area contributed by atoms with Crippen LogP contribution in [0.1, 0.15) is 5.56 Å². The molecule has 1 N–H and O–H groups in total. The first-order valence-corrected chi connectivity index (χ1v) is 8.13. The Kier molecular flexibility index (Phi) is 3.96. The molecule has 26 heavy (non-hydrogen) atoms. The summed E-state index contributed by atoms with van der Waals surface area (Å²) in [5, 5.41) is 7.03. The Bertz CT molecular complexity index is 1090. The van der Waals surface area contributed by atoms with Gasteiger partial charge in [-0.2, -0.15) is 5.10 Å². The van der Waals surface area contributed by atoms with E-state index in [9.17, 15) is 4.79 Å². The van der Waals surface area contributed by atoms with E-state index in [1.54, 1.807) is 47.7 Å². The fraction of sp³-hybridized carbons (Fsp3) is 0.158. The summed E-state index contributed by atoms with van der Waals surface area (Å²) in [7, 11) is 3.15. The Morgan fingerprint density at radius 3 is 2.38 bits per heavy atom. The Hall–Kier alpha value is -3.48. The molecule has 2 aromatic carbocycles. The van der Waals surface area contributed by atoms with Gasteiger partial charge in [0.05, 0.1) is 32.6 Å². The molecule has 4 aromatic rings. The fourth-order valence-electron chi connectivity index (χ4n) is 3.03. The fourth-order valence-corrected chi connectivity index (χ4v) is 3.03. The first kappa shape index (κ1) is 16.0. The van der Waals surface area contributed by atoms with Crippen LogP contribution in [-0.2, 0) is 6.54 Å². The van der Waals surface area contributed by atoms with Gasteiger partial charge in [0.15, 0.2) is 5.65 Å². The van der Waals surface area contributed by atoms with Gasteiger partial charge < -0.3 is 9.47 Å². The topological polar surface area (TPSA) is 74.1 Å². The van der Waals surface area contributed by atoms with Crippen LogP contribution in [0.15, 0.2) is 59.5 Å². The number of nitrogens with one attached hydrogen (secondary N) is 1. The third kappa shape index (κ3) is 2.63. The van der Waals surface area contributed by atoms with Crippen molar-refractivity contribution < 1.29 is 9.47 Å². The number of aromatic nitrogens is 4. The lowest BCUT2D eigenvalue weighted by Crippen LogP contribution is -2.24. The Balaban J connectivity index is 1.91. The molecule has 0 fully saturated rings. The molecule has 0 aliphatic rings. The number of aromatic amines is 1. The van der Waals surface area contributed by atoms with Gasteiger partial charge in [0.2, 0.25) is 0 Å². The number of imidazole rings is 1. The molecule has 0 spiro atoms. The molecule has 0 amide bonds. The van der Waals surface area contributed by atoms with Gasteiger partial charge in [-0.25, -0.2) is 9.36 Å². The second-order valence-corrected chi connectivity index (χ2v) is 5.86.